The Kier molecular flexibility index (Phi) is 7.42. The second kappa shape index (κ2) is 10.0. The Morgan fingerprint density at radius 1 is 0.962 bits per heavy atom. The average Bonchev–Trinajstić information content (AvgIpc) is 2.64. The minimum absolute atomic E-state index is 0.165. The molecule has 2 N–H and O–H groups in total. The van der Waals surface area contributed by atoms with Crippen molar-refractivity contribution < 1.29 is 23.5 Å². The van der Waals surface area contributed by atoms with Gasteiger partial charge in [-0.05, 0) is 37.3 Å². The van der Waals surface area contributed by atoms with Crippen molar-refractivity contribution in [3.8, 4) is 11.5 Å². The Morgan fingerprint density at radius 2 is 1.65 bits per heavy atom. The molecule has 2 amide bonds. The van der Waals surface area contributed by atoms with Crippen molar-refractivity contribution in [3.63, 3.8) is 0 Å². The van der Waals surface area contributed by atoms with Gasteiger partial charge in [0.1, 0.15) is 5.82 Å². The van der Waals surface area contributed by atoms with Crippen LogP contribution in [-0.4, -0.2) is 38.1 Å². The van der Waals surface area contributed by atoms with Crippen molar-refractivity contribution in [3.05, 3.63) is 59.9 Å². The SMILES string of the molecule is CCOc1ccccc1OCC(=O)NCCNC(=O)c1cccc(F)c1. The van der Waals surface area contributed by atoms with E-state index in [1.165, 1.54) is 18.2 Å². The van der Waals surface area contributed by atoms with Crippen LogP contribution in [0.25, 0.3) is 0 Å². The highest BCUT2D eigenvalue weighted by atomic mass is 19.1. The molecule has 0 saturated carbocycles. The Bertz CT molecular complexity index is 752. The quantitative estimate of drug-likeness (QED) is 0.672. The minimum atomic E-state index is -0.476. The lowest BCUT2D eigenvalue weighted by Gasteiger charge is -2.11. The fourth-order valence-electron chi connectivity index (χ4n) is 2.15. The van der Waals surface area contributed by atoms with E-state index < -0.39 is 11.7 Å². The summed E-state index contributed by atoms with van der Waals surface area (Å²) in [6.07, 6.45) is 0. The number of rotatable bonds is 9. The molecule has 0 heterocycles. The summed E-state index contributed by atoms with van der Waals surface area (Å²) < 4.78 is 23.9. The number of amides is 2. The van der Waals surface area contributed by atoms with Gasteiger partial charge in [0.15, 0.2) is 18.1 Å². The molecule has 2 aromatic rings. The molecule has 0 aliphatic heterocycles. The van der Waals surface area contributed by atoms with E-state index in [0.29, 0.717) is 18.1 Å². The van der Waals surface area contributed by atoms with Crippen LogP contribution in [0.3, 0.4) is 0 Å². The molecule has 0 aromatic heterocycles. The molecule has 0 radical (unpaired) electrons. The van der Waals surface area contributed by atoms with Crippen molar-refractivity contribution in [1.82, 2.24) is 10.6 Å². The van der Waals surface area contributed by atoms with Crippen LogP contribution in [0.2, 0.25) is 0 Å². The molecule has 0 spiro atoms. The third-order valence-corrected chi connectivity index (χ3v) is 3.33. The van der Waals surface area contributed by atoms with Crippen molar-refractivity contribution in [2.45, 2.75) is 6.92 Å². The van der Waals surface area contributed by atoms with E-state index in [-0.39, 0.29) is 31.2 Å². The predicted octanol–water partition coefficient (Wildman–Crippen LogP) is 2.15. The number of carbonyl (C=O) groups excluding carboxylic acids is 2. The lowest BCUT2D eigenvalue weighted by molar-refractivity contribution is -0.123. The van der Waals surface area contributed by atoms with Gasteiger partial charge in [0.05, 0.1) is 6.61 Å². The van der Waals surface area contributed by atoms with Crippen LogP contribution in [0.15, 0.2) is 48.5 Å². The average molecular weight is 360 g/mol. The van der Waals surface area contributed by atoms with Crippen LogP contribution in [0, 0.1) is 5.82 Å². The molecule has 0 bridgehead atoms. The topological polar surface area (TPSA) is 76.7 Å². The molecule has 2 rings (SSSR count). The monoisotopic (exact) mass is 360 g/mol. The summed E-state index contributed by atoms with van der Waals surface area (Å²) in [5.41, 5.74) is 0.229. The van der Waals surface area contributed by atoms with Crippen molar-refractivity contribution in [2.75, 3.05) is 26.3 Å². The highest BCUT2D eigenvalue weighted by molar-refractivity contribution is 5.94. The summed E-state index contributed by atoms with van der Waals surface area (Å²) in [6, 6.07) is 12.5. The van der Waals surface area contributed by atoms with E-state index >= 15 is 0 Å². The van der Waals surface area contributed by atoms with Crippen molar-refractivity contribution in [2.24, 2.45) is 0 Å². The Hall–Kier alpha value is -3.09. The Labute approximate surface area is 151 Å². The zero-order valence-corrected chi connectivity index (χ0v) is 14.5. The largest absolute Gasteiger partial charge is 0.490 e. The smallest absolute Gasteiger partial charge is 0.258 e. The second-order valence-corrected chi connectivity index (χ2v) is 5.28. The predicted molar refractivity (Wildman–Crippen MR) is 94.8 cm³/mol. The number of carbonyl (C=O) groups is 2. The van der Waals surface area contributed by atoms with Gasteiger partial charge in [-0.15, -0.1) is 0 Å². The lowest BCUT2D eigenvalue weighted by Crippen LogP contribution is -2.36. The van der Waals surface area contributed by atoms with Crippen molar-refractivity contribution in [1.29, 1.82) is 0 Å². The maximum atomic E-state index is 13.1. The Balaban J connectivity index is 1.69. The van der Waals surface area contributed by atoms with Gasteiger partial charge in [0.2, 0.25) is 0 Å². The highest BCUT2D eigenvalue weighted by Gasteiger charge is 2.08. The van der Waals surface area contributed by atoms with E-state index in [0.717, 1.165) is 6.07 Å². The standard InChI is InChI=1S/C19H21FN2O4/c1-2-25-16-8-3-4-9-17(16)26-13-18(23)21-10-11-22-19(24)14-6-5-7-15(20)12-14/h3-9,12H,2,10-11,13H2,1H3,(H,21,23)(H,22,24). The van der Waals surface area contributed by atoms with Crippen LogP contribution in [0.1, 0.15) is 17.3 Å². The van der Waals surface area contributed by atoms with Gasteiger partial charge in [-0.1, -0.05) is 18.2 Å². The molecule has 0 unspecified atom stereocenters. The number of nitrogens with one attached hydrogen (secondary N) is 2. The fourth-order valence-corrected chi connectivity index (χ4v) is 2.15. The molecule has 0 aliphatic rings. The summed E-state index contributed by atoms with van der Waals surface area (Å²) in [4.78, 5) is 23.6. The Morgan fingerprint density at radius 3 is 2.35 bits per heavy atom. The molecule has 7 heteroatoms. The first-order valence-electron chi connectivity index (χ1n) is 8.25. The van der Waals surface area contributed by atoms with Crippen molar-refractivity contribution >= 4 is 11.8 Å². The number of hydrogen-bond donors (Lipinski definition) is 2. The van der Waals surface area contributed by atoms with E-state index in [2.05, 4.69) is 10.6 Å². The number of benzene rings is 2. The zero-order valence-electron chi connectivity index (χ0n) is 14.5. The summed E-state index contributed by atoms with van der Waals surface area (Å²) in [5, 5.41) is 5.23. The van der Waals surface area contributed by atoms with Crippen LogP contribution in [0.5, 0.6) is 11.5 Å². The molecule has 138 valence electrons. The molecular formula is C19H21FN2O4. The van der Waals surface area contributed by atoms with Crippen LogP contribution >= 0.6 is 0 Å². The van der Waals surface area contributed by atoms with Gasteiger partial charge < -0.3 is 20.1 Å². The molecule has 2 aromatic carbocycles. The molecule has 0 atom stereocenters. The molecular weight excluding hydrogens is 339 g/mol. The van der Waals surface area contributed by atoms with Gasteiger partial charge in [-0.25, -0.2) is 4.39 Å². The van der Waals surface area contributed by atoms with Gasteiger partial charge in [0.25, 0.3) is 11.8 Å². The van der Waals surface area contributed by atoms with Crippen LogP contribution < -0.4 is 20.1 Å². The normalized spacial score (nSPS) is 10.1. The van der Waals surface area contributed by atoms with Gasteiger partial charge in [-0.3, -0.25) is 9.59 Å². The molecule has 0 fully saturated rings. The number of hydrogen-bond acceptors (Lipinski definition) is 4. The number of halogens is 1. The maximum absolute atomic E-state index is 13.1. The van der Waals surface area contributed by atoms with E-state index in [1.54, 1.807) is 18.2 Å². The fraction of sp³-hybridized carbons (Fsp3) is 0.263. The number of para-hydroxylation sites is 2. The molecule has 0 saturated heterocycles. The minimum Gasteiger partial charge on any atom is -0.490 e. The zero-order chi connectivity index (χ0) is 18.8. The molecule has 6 nitrogen and oxygen atoms in total. The third kappa shape index (κ3) is 6.08. The second-order valence-electron chi connectivity index (χ2n) is 5.28. The lowest BCUT2D eigenvalue weighted by atomic mass is 10.2. The molecule has 0 aliphatic carbocycles. The first-order valence-corrected chi connectivity index (χ1v) is 8.25. The first kappa shape index (κ1) is 19.2. The summed E-state index contributed by atoms with van der Waals surface area (Å²) in [6.45, 7) is 2.65. The van der Waals surface area contributed by atoms with E-state index in [9.17, 15) is 14.0 Å². The summed E-state index contributed by atoms with van der Waals surface area (Å²) >= 11 is 0. The first-order chi connectivity index (χ1) is 12.6. The van der Waals surface area contributed by atoms with Gasteiger partial charge >= 0.3 is 0 Å². The maximum Gasteiger partial charge on any atom is 0.258 e. The van der Waals surface area contributed by atoms with E-state index in [1.807, 2.05) is 13.0 Å². The highest BCUT2D eigenvalue weighted by Crippen LogP contribution is 2.26. The summed E-state index contributed by atoms with van der Waals surface area (Å²) in [7, 11) is 0. The van der Waals surface area contributed by atoms with E-state index in [4.69, 9.17) is 9.47 Å². The van der Waals surface area contributed by atoms with Gasteiger partial charge in [-0.2, -0.15) is 0 Å². The third-order valence-electron chi connectivity index (χ3n) is 3.33. The summed E-state index contributed by atoms with van der Waals surface area (Å²) in [5.74, 6) is -0.138. The van der Waals surface area contributed by atoms with Crippen LogP contribution in [-0.2, 0) is 4.79 Å². The van der Waals surface area contributed by atoms with Gasteiger partial charge in [0, 0.05) is 18.7 Å². The number of ether oxygens (including phenoxy) is 2. The molecule has 26 heavy (non-hydrogen) atoms. The van der Waals surface area contributed by atoms with Crippen LogP contribution in [0.4, 0.5) is 4.39 Å².